The van der Waals surface area contributed by atoms with Gasteiger partial charge >= 0.3 is 0 Å². The Hall–Kier alpha value is -3.96. The maximum Gasteiger partial charge on any atom is 0.222 e. The zero-order valence-corrected chi connectivity index (χ0v) is 16.6. The van der Waals surface area contributed by atoms with Gasteiger partial charge in [-0.3, -0.25) is 0 Å². The number of aromatic hydroxyl groups is 1. The van der Waals surface area contributed by atoms with Gasteiger partial charge in [-0.15, -0.1) is 0 Å². The number of fused-ring (bicyclic) bond motifs is 1. The van der Waals surface area contributed by atoms with E-state index in [9.17, 15) is 10.4 Å². The van der Waals surface area contributed by atoms with Crippen molar-refractivity contribution in [1.29, 1.82) is 5.26 Å². The van der Waals surface area contributed by atoms with E-state index in [4.69, 9.17) is 5.11 Å². The first-order valence-electron chi connectivity index (χ1n) is 9.42. The summed E-state index contributed by atoms with van der Waals surface area (Å²) in [7, 11) is 0. The highest BCUT2D eigenvalue weighted by molar-refractivity contribution is 5.94. The van der Waals surface area contributed by atoms with E-state index < -0.39 is 0 Å². The minimum absolute atomic E-state index is 0.00376. The molecule has 0 aliphatic rings. The summed E-state index contributed by atoms with van der Waals surface area (Å²) < 4.78 is 0. The van der Waals surface area contributed by atoms with Crippen molar-refractivity contribution in [2.45, 2.75) is 13.8 Å². The molecule has 0 aliphatic heterocycles. The van der Waals surface area contributed by atoms with Gasteiger partial charge < -0.3 is 20.5 Å². The molecule has 0 fully saturated rings. The van der Waals surface area contributed by atoms with E-state index in [0.29, 0.717) is 40.2 Å². The number of hydrogen-bond donors (Lipinski definition) is 4. The van der Waals surface area contributed by atoms with Crippen LogP contribution in [0.5, 0.6) is 5.75 Å². The summed E-state index contributed by atoms with van der Waals surface area (Å²) in [4.78, 5) is 16.2. The summed E-state index contributed by atoms with van der Waals surface area (Å²) in [6.45, 7) is 4.14. The van der Waals surface area contributed by atoms with Gasteiger partial charge in [0, 0.05) is 41.6 Å². The Morgan fingerprint density at radius 3 is 2.60 bits per heavy atom. The van der Waals surface area contributed by atoms with Crippen LogP contribution in [-0.2, 0) is 0 Å². The maximum absolute atomic E-state index is 10.1. The van der Waals surface area contributed by atoms with Crippen molar-refractivity contribution in [3.05, 3.63) is 53.5 Å². The van der Waals surface area contributed by atoms with Crippen molar-refractivity contribution in [3.63, 3.8) is 0 Å². The number of H-pyrrole nitrogens is 1. The minimum atomic E-state index is -0.00376. The Labute approximate surface area is 172 Å². The number of nitrogens with one attached hydrogen (secondary N) is 2. The molecule has 0 unspecified atom stereocenters. The van der Waals surface area contributed by atoms with Gasteiger partial charge in [-0.2, -0.15) is 5.26 Å². The summed E-state index contributed by atoms with van der Waals surface area (Å²) >= 11 is 0. The van der Waals surface area contributed by atoms with Crippen LogP contribution in [0.2, 0.25) is 0 Å². The first kappa shape index (κ1) is 19.4. The molecule has 3 aromatic heterocycles. The zero-order valence-electron chi connectivity index (χ0n) is 16.6. The lowest BCUT2D eigenvalue weighted by Crippen LogP contribution is -2.08. The molecule has 4 aromatic rings. The number of aliphatic hydroxyl groups excluding tert-OH is 1. The molecule has 0 spiro atoms. The fraction of sp³-hybridized carbons (Fsp3) is 0.182. The number of pyridine rings is 1. The van der Waals surface area contributed by atoms with Crippen LogP contribution in [0.25, 0.3) is 33.4 Å². The fourth-order valence-electron chi connectivity index (χ4n) is 3.52. The third kappa shape index (κ3) is 3.32. The van der Waals surface area contributed by atoms with Crippen LogP contribution in [-0.4, -0.2) is 43.3 Å². The molecule has 4 N–H and O–H groups in total. The third-order valence-electron chi connectivity index (χ3n) is 5.04. The number of rotatable bonds is 5. The van der Waals surface area contributed by atoms with Gasteiger partial charge in [-0.25, -0.2) is 15.0 Å². The minimum Gasteiger partial charge on any atom is -0.508 e. The molecule has 0 aliphatic carbocycles. The quantitative estimate of drug-likeness (QED) is 0.404. The highest BCUT2D eigenvalue weighted by Gasteiger charge is 2.18. The lowest BCUT2D eigenvalue weighted by Gasteiger charge is -2.13. The van der Waals surface area contributed by atoms with E-state index in [1.54, 1.807) is 24.7 Å². The normalized spacial score (nSPS) is 10.9. The van der Waals surface area contributed by atoms with Crippen LogP contribution in [0.3, 0.4) is 0 Å². The van der Waals surface area contributed by atoms with E-state index in [1.165, 1.54) is 0 Å². The second-order valence-electron chi connectivity index (χ2n) is 6.95. The Morgan fingerprint density at radius 1 is 1.13 bits per heavy atom. The first-order valence-corrected chi connectivity index (χ1v) is 9.42. The van der Waals surface area contributed by atoms with E-state index in [-0.39, 0.29) is 12.4 Å². The van der Waals surface area contributed by atoms with E-state index in [0.717, 1.165) is 22.4 Å². The van der Waals surface area contributed by atoms with Gasteiger partial charge in [0.15, 0.2) is 0 Å². The lowest BCUT2D eigenvalue weighted by atomic mass is 9.92. The number of aromatic nitrogens is 4. The smallest absolute Gasteiger partial charge is 0.222 e. The van der Waals surface area contributed by atoms with E-state index in [1.807, 2.05) is 26.0 Å². The van der Waals surface area contributed by atoms with Crippen molar-refractivity contribution in [2.75, 3.05) is 18.5 Å². The average Bonchev–Trinajstić information content (AvgIpc) is 3.19. The predicted octanol–water partition coefficient (Wildman–Crippen LogP) is 3.29. The molecule has 4 rings (SSSR count). The number of phenols is 1. The van der Waals surface area contributed by atoms with Crippen LogP contribution >= 0.6 is 0 Å². The van der Waals surface area contributed by atoms with Crippen molar-refractivity contribution >= 4 is 17.0 Å². The molecule has 150 valence electrons. The molecule has 0 amide bonds. The SMILES string of the molecule is Cc1ccc(O)c(C)c1-c1cnc2[nH]c(-c3cnc(NCCO)nc3)cc2c1C#N. The molecule has 1 aromatic carbocycles. The van der Waals surface area contributed by atoms with Gasteiger partial charge in [-0.1, -0.05) is 6.07 Å². The number of phenolic OH excluding ortho intramolecular Hbond substituents is 1. The van der Waals surface area contributed by atoms with Crippen LogP contribution in [0.1, 0.15) is 16.7 Å². The van der Waals surface area contributed by atoms with Gasteiger partial charge in [0.2, 0.25) is 5.95 Å². The van der Waals surface area contributed by atoms with Crippen molar-refractivity contribution in [2.24, 2.45) is 0 Å². The molecule has 0 saturated heterocycles. The number of hydrogen-bond acceptors (Lipinski definition) is 7. The molecule has 8 nitrogen and oxygen atoms in total. The van der Waals surface area contributed by atoms with Gasteiger partial charge in [-0.05, 0) is 42.7 Å². The standard InChI is InChI=1S/C22H20N6O2/c1-12-3-4-19(30)13(2)20(12)17-11-25-21-15(16(17)8-23)7-18(28-21)14-9-26-22(27-10-14)24-5-6-29/h3-4,7,9-11,29-30H,5-6H2,1-2H3,(H,25,28)(H,24,26,27). The van der Waals surface area contributed by atoms with Gasteiger partial charge in [0.25, 0.3) is 0 Å². The van der Waals surface area contributed by atoms with E-state index >= 15 is 0 Å². The average molecular weight is 400 g/mol. The summed E-state index contributed by atoms with van der Waals surface area (Å²) in [6, 6.07) is 7.64. The molecule has 0 atom stereocenters. The summed E-state index contributed by atoms with van der Waals surface area (Å²) in [5.74, 6) is 0.610. The number of nitrogens with zero attached hydrogens (tertiary/aromatic N) is 4. The highest BCUT2D eigenvalue weighted by atomic mass is 16.3. The number of aryl methyl sites for hydroxylation is 1. The molecule has 0 radical (unpaired) electrons. The molecular weight excluding hydrogens is 380 g/mol. The lowest BCUT2D eigenvalue weighted by molar-refractivity contribution is 0.311. The van der Waals surface area contributed by atoms with Gasteiger partial charge in [0.1, 0.15) is 17.5 Å². The molecule has 30 heavy (non-hydrogen) atoms. The van der Waals surface area contributed by atoms with Gasteiger partial charge in [0.05, 0.1) is 17.9 Å². The molecular formula is C22H20N6O2. The first-order chi connectivity index (χ1) is 14.5. The topological polar surface area (TPSA) is 131 Å². The van der Waals surface area contributed by atoms with Crippen molar-refractivity contribution in [1.82, 2.24) is 19.9 Å². The molecule has 3 heterocycles. The Balaban J connectivity index is 1.82. The molecule has 0 saturated carbocycles. The molecule has 8 heteroatoms. The van der Waals surface area contributed by atoms with Crippen LogP contribution in [0, 0.1) is 25.2 Å². The largest absolute Gasteiger partial charge is 0.508 e. The number of anilines is 1. The monoisotopic (exact) mass is 400 g/mol. The zero-order chi connectivity index (χ0) is 21.3. The Morgan fingerprint density at radius 2 is 1.90 bits per heavy atom. The number of aliphatic hydroxyl groups is 1. The van der Waals surface area contributed by atoms with Crippen molar-refractivity contribution < 1.29 is 10.2 Å². The second-order valence-corrected chi connectivity index (χ2v) is 6.95. The second kappa shape index (κ2) is 7.81. The Bertz CT molecular complexity index is 1270. The number of benzene rings is 1. The highest BCUT2D eigenvalue weighted by Crippen LogP contribution is 2.37. The van der Waals surface area contributed by atoms with Crippen LogP contribution in [0.15, 0.2) is 36.8 Å². The molecule has 0 bridgehead atoms. The summed E-state index contributed by atoms with van der Waals surface area (Å²) in [5, 5.41) is 32.5. The predicted molar refractivity (Wildman–Crippen MR) is 114 cm³/mol. The van der Waals surface area contributed by atoms with Crippen LogP contribution < -0.4 is 5.32 Å². The van der Waals surface area contributed by atoms with Crippen molar-refractivity contribution in [3.8, 4) is 34.2 Å². The summed E-state index contributed by atoms with van der Waals surface area (Å²) in [5.41, 5.74) is 5.72. The van der Waals surface area contributed by atoms with Crippen LogP contribution in [0.4, 0.5) is 5.95 Å². The summed E-state index contributed by atoms with van der Waals surface area (Å²) in [6.07, 6.45) is 4.98. The fourth-order valence-corrected chi connectivity index (χ4v) is 3.52. The number of aromatic amines is 1. The maximum atomic E-state index is 10.1. The third-order valence-corrected chi connectivity index (χ3v) is 5.04. The van der Waals surface area contributed by atoms with E-state index in [2.05, 4.69) is 31.3 Å². The number of nitriles is 1. The Kier molecular flexibility index (Phi) is 5.04.